The van der Waals surface area contributed by atoms with Gasteiger partial charge in [0.2, 0.25) is 0 Å². The van der Waals surface area contributed by atoms with Crippen LogP contribution in [0.1, 0.15) is 13.8 Å². The van der Waals surface area contributed by atoms with Gasteiger partial charge in [-0.1, -0.05) is 25.1 Å². The Balaban J connectivity index is 0.00000160. The van der Waals surface area contributed by atoms with Crippen molar-refractivity contribution in [3.05, 3.63) is 42.8 Å². The van der Waals surface area contributed by atoms with E-state index in [0.29, 0.717) is 0 Å². The van der Waals surface area contributed by atoms with E-state index in [0.717, 1.165) is 66.4 Å². The number of pyridine rings is 1. The normalized spacial score (nSPS) is 15.4. The van der Waals surface area contributed by atoms with Crippen molar-refractivity contribution in [1.29, 1.82) is 0 Å². The zero-order valence-electron chi connectivity index (χ0n) is 17.3. The minimum atomic E-state index is -0.524. The molecule has 1 unspecified atom stereocenters. The molecule has 1 fully saturated rings. The van der Waals surface area contributed by atoms with Gasteiger partial charge in [0.15, 0.2) is 11.4 Å². The minimum absolute atomic E-state index is 0. The number of para-hydroxylation sites is 1. The number of hydrogen-bond acceptors (Lipinski definition) is 6. The molecule has 8 heteroatoms. The van der Waals surface area contributed by atoms with E-state index in [4.69, 9.17) is 14.1 Å². The van der Waals surface area contributed by atoms with Gasteiger partial charge in [0.25, 0.3) is 0 Å². The molecule has 1 aliphatic rings. The van der Waals surface area contributed by atoms with Crippen molar-refractivity contribution in [1.82, 2.24) is 9.88 Å². The summed E-state index contributed by atoms with van der Waals surface area (Å²) in [5.41, 5.74) is 2.73. The number of halogens is 2. The number of rotatable bonds is 6. The molecule has 2 aromatic heterocycles. The molecule has 4 rings (SSSR count). The smallest absolute Gasteiger partial charge is 0.176 e. The molecule has 1 saturated heterocycles. The first kappa shape index (κ1) is 24.3. The van der Waals surface area contributed by atoms with Gasteiger partial charge in [-0.3, -0.25) is 0 Å². The highest BCUT2D eigenvalue weighted by Gasteiger charge is 2.22. The van der Waals surface area contributed by atoms with Crippen LogP contribution in [0.25, 0.3) is 22.1 Å². The topological polar surface area (TPSA) is 62.0 Å². The predicted molar refractivity (Wildman–Crippen MR) is 125 cm³/mol. The number of hydrogen-bond donors (Lipinski definition) is 1. The maximum absolute atomic E-state index is 9.57. The lowest BCUT2D eigenvalue weighted by Gasteiger charge is -2.34. The fourth-order valence-corrected chi connectivity index (χ4v) is 3.69. The van der Waals surface area contributed by atoms with E-state index < -0.39 is 6.10 Å². The second kappa shape index (κ2) is 10.9. The Morgan fingerprint density at radius 1 is 1.10 bits per heavy atom. The molecule has 0 saturated carbocycles. The molecule has 1 N–H and O–H groups in total. The Bertz CT molecular complexity index is 940. The molecule has 164 valence electrons. The summed E-state index contributed by atoms with van der Waals surface area (Å²) >= 11 is 0. The monoisotopic (exact) mass is 453 g/mol. The van der Waals surface area contributed by atoms with Gasteiger partial charge in [-0.2, -0.15) is 0 Å². The van der Waals surface area contributed by atoms with Crippen LogP contribution in [-0.2, 0) is 0 Å². The number of nitrogens with zero attached hydrogens (tertiary/aromatic N) is 3. The number of piperazine rings is 1. The van der Waals surface area contributed by atoms with Crippen LogP contribution in [-0.4, -0.2) is 60.4 Å². The molecule has 0 spiro atoms. The highest BCUT2D eigenvalue weighted by atomic mass is 35.5. The Hall–Kier alpha value is -1.99. The summed E-state index contributed by atoms with van der Waals surface area (Å²) in [6, 6.07) is 9.84. The van der Waals surface area contributed by atoms with Gasteiger partial charge in [0, 0.05) is 48.9 Å². The Kier molecular flexibility index (Phi) is 8.79. The van der Waals surface area contributed by atoms with Crippen LogP contribution in [0, 0.1) is 0 Å². The van der Waals surface area contributed by atoms with Crippen LogP contribution >= 0.6 is 24.8 Å². The third-order valence-electron chi connectivity index (χ3n) is 5.25. The predicted octanol–water partition coefficient (Wildman–Crippen LogP) is 4.24. The highest BCUT2D eigenvalue weighted by molar-refractivity contribution is 5.99. The van der Waals surface area contributed by atoms with E-state index in [1.165, 1.54) is 0 Å². The number of furan rings is 1. The van der Waals surface area contributed by atoms with E-state index in [9.17, 15) is 5.11 Å². The van der Waals surface area contributed by atoms with Crippen molar-refractivity contribution in [2.45, 2.75) is 20.0 Å². The van der Waals surface area contributed by atoms with Crippen molar-refractivity contribution in [2.24, 2.45) is 0 Å². The molecular formula is C22H29Cl2N3O3. The second-order valence-electron chi connectivity index (χ2n) is 7.24. The average molecular weight is 454 g/mol. The number of aliphatic hydroxyl groups excluding tert-OH is 1. The highest BCUT2D eigenvalue weighted by Crippen LogP contribution is 2.38. The number of ether oxygens (including phenoxy) is 1. The summed E-state index contributed by atoms with van der Waals surface area (Å²) in [7, 11) is 0. The standard InChI is InChI=1S/C22H27N3O3.2ClH/c1-3-24-9-11-25(12-10-24)22-21-18(8-13-27-21)19(14-23-22)17-6-4-5-7-20(17)28-15-16(2)26;;/h4-8,13-14,16,26H,3,9-12,15H2,1-2H3;2*1H. The van der Waals surface area contributed by atoms with E-state index in [1.54, 1.807) is 13.2 Å². The van der Waals surface area contributed by atoms with Gasteiger partial charge in [0.1, 0.15) is 12.4 Å². The van der Waals surface area contributed by atoms with Crippen molar-refractivity contribution < 1.29 is 14.3 Å². The molecule has 1 aliphatic heterocycles. The van der Waals surface area contributed by atoms with Crippen LogP contribution in [0.5, 0.6) is 5.75 Å². The molecule has 0 bridgehead atoms. The van der Waals surface area contributed by atoms with Crippen LogP contribution in [0.15, 0.2) is 47.2 Å². The molecule has 0 amide bonds. The first-order valence-electron chi connectivity index (χ1n) is 9.91. The molecule has 1 aromatic carbocycles. The average Bonchev–Trinajstić information content (AvgIpc) is 3.22. The summed E-state index contributed by atoms with van der Waals surface area (Å²) in [6.45, 7) is 9.22. The first-order chi connectivity index (χ1) is 13.7. The maximum Gasteiger partial charge on any atom is 0.176 e. The molecule has 3 heterocycles. The summed E-state index contributed by atoms with van der Waals surface area (Å²) < 4.78 is 11.7. The minimum Gasteiger partial charge on any atom is -0.490 e. The third-order valence-corrected chi connectivity index (χ3v) is 5.25. The van der Waals surface area contributed by atoms with Crippen LogP contribution < -0.4 is 9.64 Å². The third kappa shape index (κ3) is 5.01. The van der Waals surface area contributed by atoms with Crippen LogP contribution in [0.3, 0.4) is 0 Å². The number of fused-ring (bicyclic) bond motifs is 1. The molecule has 6 nitrogen and oxygen atoms in total. The second-order valence-corrected chi connectivity index (χ2v) is 7.24. The van der Waals surface area contributed by atoms with Crippen molar-refractivity contribution in [3.8, 4) is 16.9 Å². The lowest BCUT2D eigenvalue weighted by atomic mass is 10.0. The fraction of sp³-hybridized carbons (Fsp3) is 0.409. The van der Waals surface area contributed by atoms with Gasteiger partial charge in [-0.25, -0.2) is 4.98 Å². The molecule has 0 aliphatic carbocycles. The Labute approximate surface area is 189 Å². The summed E-state index contributed by atoms with van der Waals surface area (Å²) in [5.74, 6) is 1.64. The quantitative estimate of drug-likeness (QED) is 0.601. The molecule has 30 heavy (non-hydrogen) atoms. The van der Waals surface area contributed by atoms with Gasteiger partial charge in [-0.05, 0) is 25.6 Å². The van der Waals surface area contributed by atoms with Crippen molar-refractivity contribution in [3.63, 3.8) is 0 Å². The lowest BCUT2D eigenvalue weighted by Crippen LogP contribution is -2.46. The summed E-state index contributed by atoms with van der Waals surface area (Å²) in [4.78, 5) is 9.52. The van der Waals surface area contributed by atoms with Crippen LogP contribution in [0.2, 0.25) is 0 Å². The number of likely N-dealkylation sites (N-methyl/N-ethyl adjacent to an activating group) is 1. The summed E-state index contributed by atoms with van der Waals surface area (Å²) in [5, 5.41) is 10.6. The molecule has 0 radical (unpaired) electrons. The van der Waals surface area contributed by atoms with Crippen LogP contribution in [0.4, 0.5) is 5.82 Å². The Morgan fingerprint density at radius 3 is 2.53 bits per heavy atom. The van der Waals surface area contributed by atoms with E-state index in [-0.39, 0.29) is 31.4 Å². The zero-order chi connectivity index (χ0) is 19.5. The first-order valence-corrected chi connectivity index (χ1v) is 9.91. The SMILES string of the molecule is CCN1CCN(c2ncc(-c3ccccc3OCC(C)O)c3ccoc23)CC1.Cl.Cl. The van der Waals surface area contributed by atoms with E-state index in [2.05, 4.69) is 16.7 Å². The van der Waals surface area contributed by atoms with Gasteiger partial charge in [0.05, 0.1) is 12.4 Å². The fourth-order valence-electron chi connectivity index (χ4n) is 3.69. The maximum atomic E-state index is 9.57. The van der Waals surface area contributed by atoms with E-state index >= 15 is 0 Å². The van der Waals surface area contributed by atoms with Crippen molar-refractivity contribution in [2.75, 3.05) is 44.2 Å². The number of aliphatic hydroxyl groups is 1. The number of aromatic nitrogens is 1. The van der Waals surface area contributed by atoms with Gasteiger partial charge < -0.3 is 24.1 Å². The van der Waals surface area contributed by atoms with Crippen molar-refractivity contribution >= 4 is 41.6 Å². The zero-order valence-corrected chi connectivity index (χ0v) is 18.9. The molecule has 1 atom stereocenters. The number of benzene rings is 1. The lowest BCUT2D eigenvalue weighted by molar-refractivity contribution is 0.123. The Morgan fingerprint density at radius 2 is 1.83 bits per heavy atom. The molecular weight excluding hydrogens is 425 g/mol. The van der Waals surface area contributed by atoms with Gasteiger partial charge in [-0.15, -0.1) is 24.8 Å². The summed E-state index contributed by atoms with van der Waals surface area (Å²) in [6.07, 6.45) is 3.11. The molecule has 3 aromatic rings. The van der Waals surface area contributed by atoms with E-state index in [1.807, 2.05) is 36.5 Å². The van der Waals surface area contributed by atoms with Gasteiger partial charge >= 0.3 is 0 Å². The largest absolute Gasteiger partial charge is 0.490 e. The number of anilines is 1.